The molecule has 0 heterocycles. The fourth-order valence-electron chi connectivity index (χ4n) is 1.33. The molecule has 1 aromatic carbocycles. The van der Waals surface area contributed by atoms with Gasteiger partial charge in [-0.3, -0.25) is 4.79 Å². The number of nitrogens with one attached hydrogen (secondary N) is 1. The number of hydrogen-bond acceptors (Lipinski definition) is 3. The number of benzene rings is 1. The molecule has 0 radical (unpaired) electrons. The lowest BCUT2D eigenvalue weighted by atomic mass is 10.1. The minimum Gasteiger partial charge on any atom is -0.465 e. The third kappa shape index (κ3) is 2.21. The molecule has 4 nitrogen and oxygen atoms in total. The summed E-state index contributed by atoms with van der Waals surface area (Å²) in [6, 6.07) is 1.10. The number of hydrogen-bond donors (Lipinski definition) is 1. The normalized spacial score (nSPS) is 9.75. The van der Waals surface area contributed by atoms with Gasteiger partial charge >= 0.3 is 5.97 Å². The molecule has 1 rings (SSSR count). The monoisotopic (exact) mass is 289 g/mol. The topological polar surface area (TPSA) is 55.4 Å². The highest BCUT2D eigenvalue weighted by Crippen LogP contribution is 2.30. The first-order valence-electron chi connectivity index (χ1n) is 4.30. The van der Waals surface area contributed by atoms with Crippen LogP contribution < -0.4 is 5.32 Å². The molecule has 0 unspecified atom stereocenters. The first kappa shape index (κ1) is 12.6. The van der Waals surface area contributed by atoms with Crippen molar-refractivity contribution in [3.8, 4) is 0 Å². The Hall–Kier alpha value is -1.43. The second kappa shape index (κ2) is 5.07. The summed E-state index contributed by atoms with van der Waals surface area (Å²) in [5, 5.41) is 2.39. The summed E-state index contributed by atoms with van der Waals surface area (Å²) in [5.74, 6) is -1.48. The van der Waals surface area contributed by atoms with Crippen LogP contribution in [0.15, 0.2) is 10.5 Å². The average molecular weight is 290 g/mol. The minimum atomic E-state index is -0.781. The van der Waals surface area contributed by atoms with Gasteiger partial charge in [0.25, 0.3) is 0 Å². The summed E-state index contributed by atoms with van der Waals surface area (Å²) in [4.78, 5) is 21.7. The number of carbonyl (C=O) groups is 2. The number of esters is 1. The van der Waals surface area contributed by atoms with Crippen LogP contribution in [-0.2, 0) is 9.53 Å². The van der Waals surface area contributed by atoms with Crippen molar-refractivity contribution in [2.75, 3.05) is 12.4 Å². The number of halogens is 2. The molecule has 0 bridgehead atoms. The number of ether oxygens (including phenoxy) is 1. The van der Waals surface area contributed by atoms with E-state index in [1.54, 1.807) is 0 Å². The first-order chi connectivity index (χ1) is 7.52. The molecule has 1 aromatic rings. The number of amides is 1. The maximum absolute atomic E-state index is 13.5. The summed E-state index contributed by atoms with van der Waals surface area (Å²) in [6.07, 6.45) is 0.450. The number of methoxy groups -OCH3 is 1. The van der Waals surface area contributed by atoms with Gasteiger partial charge in [0, 0.05) is 4.47 Å². The van der Waals surface area contributed by atoms with Gasteiger partial charge in [-0.2, -0.15) is 0 Å². The predicted octanol–water partition coefficient (Wildman–Crippen LogP) is 2.25. The zero-order valence-electron chi connectivity index (χ0n) is 8.64. The van der Waals surface area contributed by atoms with Gasteiger partial charge in [0.2, 0.25) is 6.41 Å². The number of carbonyl (C=O) groups excluding carboxylic acids is 2. The average Bonchev–Trinajstić information content (AvgIpc) is 2.23. The Balaban J connectivity index is 3.44. The molecule has 0 aliphatic rings. The van der Waals surface area contributed by atoms with Crippen molar-refractivity contribution in [2.45, 2.75) is 6.92 Å². The molecule has 6 heteroatoms. The van der Waals surface area contributed by atoms with Crippen molar-refractivity contribution in [3.05, 3.63) is 27.5 Å². The number of rotatable bonds is 3. The van der Waals surface area contributed by atoms with Crippen LogP contribution in [0.5, 0.6) is 0 Å². The highest BCUT2D eigenvalue weighted by Gasteiger charge is 2.20. The summed E-state index contributed by atoms with van der Waals surface area (Å²) in [7, 11) is 1.16. The predicted molar refractivity (Wildman–Crippen MR) is 59.9 cm³/mol. The van der Waals surface area contributed by atoms with Crippen molar-refractivity contribution >= 4 is 34.0 Å². The van der Waals surface area contributed by atoms with Gasteiger partial charge in [-0.25, -0.2) is 9.18 Å². The second-order valence-corrected chi connectivity index (χ2v) is 3.82. The van der Waals surface area contributed by atoms with E-state index in [2.05, 4.69) is 26.0 Å². The van der Waals surface area contributed by atoms with E-state index >= 15 is 0 Å². The number of anilines is 1. The fraction of sp³-hybridized carbons (Fsp3) is 0.200. The minimum absolute atomic E-state index is 0.185. The molecular formula is C10H9BrFNO3. The summed E-state index contributed by atoms with van der Waals surface area (Å²) in [5.41, 5.74) is 0.470. The molecule has 16 heavy (non-hydrogen) atoms. The van der Waals surface area contributed by atoms with Gasteiger partial charge in [-0.1, -0.05) is 0 Å². The molecule has 0 saturated heterocycles. The van der Waals surface area contributed by atoms with Gasteiger partial charge in [0.1, 0.15) is 11.4 Å². The molecule has 1 N–H and O–H groups in total. The van der Waals surface area contributed by atoms with E-state index in [4.69, 9.17) is 0 Å². The maximum atomic E-state index is 13.5. The van der Waals surface area contributed by atoms with Crippen LogP contribution in [0, 0.1) is 12.7 Å². The van der Waals surface area contributed by atoms with Crippen LogP contribution in [-0.4, -0.2) is 19.5 Å². The Labute approximate surface area is 99.9 Å². The third-order valence-corrected chi connectivity index (χ3v) is 2.70. The van der Waals surface area contributed by atoms with Crippen LogP contribution in [0.4, 0.5) is 10.1 Å². The van der Waals surface area contributed by atoms with Crippen molar-refractivity contribution in [1.82, 2.24) is 0 Å². The third-order valence-electron chi connectivity index (χ3n) is 2.07. The lowest BCUT2D eigenvalue weighted by Crippen LogP contribution is -2.10. The smallest absolute Gasteiger partial charge is 0.341 e. The molecular weight excluding hydrogens is 281 g/mol. The summed E-state index contributed by atoms with van der Waals surface area (Å²) < 4.78 is 18.3. The van der Waals surface area contributed by atoms with E-state index in [9.17, 15) is 14.0 Å². The van der Waals surface area contributed by atoms with E-state index in [-0.39, 0.29) is 5.56 Å². The largest absolute Gasteiger partial charge is 0.465 e. The van der Waals surface area contributed by atoms with E-state index in [0.29, 0.717) is 22.1 Å². The second-order valence-electron chi connectivity index (χ2n) is 2.97. The van der Waals surface area contributed by atoms with Crippen LogP contribution in [0.2, 0.25) is 0 Å². The van der Waals surface area contributed by atoms with Crippen molar-refractivity contribution in [1.29, 1.82) is 0 Å². The Morgan fingerprint density at radius 1 is 1.62 bits per heavy atom. The first-order valence-corrected chi connectivity index (χ1v) is 5.09. The summed E-state index contributed by atoms with van der Waals surface area (Å²) in [6.45, 7) is 1.52. The summed E-state index contributed by atoms with van der Waals surface area (Å²) >= 11 is 3.09. The SMILES string of the molecule is COC(=O)c1c(F)cc(Br)c(NC=O)c1C. The molecule has 0 aromatic heterocycles. The van der Waals surface area contributed by atoms with E-state index < -0.39 is 11.8 Å². The van der Waals surface area contributed by atoms with Gasteiger partial charge in [-0.05, 0) is 34.5 Å². The molecule has 0 fully saturated rings. The lowest BCUT2D eigenvalue weighted by Gasteiger charge is -2.12. The fourth-order valence-corrected chi connectivity index (χ4v) is 1.94. The van der Waals surface area contributed by atoms with E-state index in [1.165, 1.54) is 6.92 Å². The Morgan fingerprint density at radius 3 is 2.75 bits per heavy atom. The molecule has 86 valence electrons. The quantitative estimate of drug-likeness (QED) is 0.686. The Bertz CT molecular complexity index is 448. The molecule has 0 aliphatic heterocycles. The zero-order chi connectivity index (χ0) is 12.3. The maximum Gasteiger partial charge on any atom is 0.341 e. The van der Waals surface area contributed by atoms with E-state index in [0.717, 1.165) is 13.2 Å². The van der Waals surface area contributed by atoms with Crippen LogP contribution >= 0.6 is 15.9 Å². The standard InChI is InChI=1S/C10H9BrFNO3/c1-5-8(10(15)16-2)7(12)3-6(11)9(5)13-4-14/h3-4H,1-2H3,(H,13,14). The van der Waals surface area contributed by atoms with Gasteiger partial charge in [-0.15, -0.1) is 0 Å². The Kier molecular flexibility index (Phi) is 4.00. The van der Waals surface area contributed by atoms with Crippen LogP contribution in [0.25, 0.3) is 0 Å². The van der Waals surface area contributed by atoms with Gasteiger partial charge < -0.3 is 10.1 Å². The Morgan fingerprint density at radius 2 is 2.25 bits per heavy atom. The van der Waals surface area contributed by atoms with E-state index in [1.807, 2.05) is 0 Å². The highest BCUT2D eigenvalue weighted by molar-refractivity contribution is 9.10. The molecule has 0 saturated carbocycles. The highest BCUT2D eigenvalue weighted by atomic mass is 79.9. The molecule has 0 atom stereocenters. The van der Waals surface area contributed by atoms with Gasteiger partial charge in [0.15, 0.2) is 0 Å². The zero-order valence-corrected chi connectivity index (χ0v) is 10.2. The molecule has 0 spiro atoms. The molecule has 1 amide bonds. The van der Waals surface area contributed by atoms with Crippen LogP contribution in [0.1, 0.15) is 15.9 Å². The van der Waals surface area contributed by atoms with Crippen molar-refractivity contribution < 1.29 is 18.7 Å². The van der Waals surface area contributed by atoms with Crippen LogP contribution in [0.3, 0.4) is 0 Å². The van der Waals surface area contributed by atoms with Gasteiger partial charge in [0.05, 0.1) is 12.8 Å². The van der Waals surface area contributed by atoms with Crippen molar-refractivity contribution in [2.24, 2.45) is 0 Å². The molecule has 0 aliphatic carbocycles. The lowest BCUT2D eigenvalue weighted by molar-refractivity contribution is -0.105. The van der Waals surface area contributed by atoms with Crippen molar-refractivity contribution in [3.63, 3.8) is 0 Å².